The molecule has 6 heteroatoms. The lowest BCUT2D eigenvalue weighted by atomic mass is 10.0. The van der Waals surface area contributed by atoms with Crippen molar-refractivity contribution in [3.63, 3.8) is 0 Å². The molecule has 0 aliphatic heterocycles. The van der Waals surface area contributed by atoms with Gasteiger partial charge >= 0.3 is 0 Å². The molecule has 0 saturated heterocycles. The Morgan fingerprint density at radius 1 is 0.302 bits per heavy atom. The molecular formula is C57H35N5O. The fourth-order valence-corrected chi connectivity index (χ4v) is 9.47. The van der Waals surface area contributed by atoms with Crippen molar-refractivity contribution in [1.29, 1.82) is 0 Å². The average Bonchev–Trinajstić information content (AvgIpc) is 4.02. The highest BCUT2D eigenvalue weighted by Crippen LogP contribution is 2.43. The van der Waals surface area contributed by atoms with Crippen LogP contribution in [0, 0.1) is 0 Å². The van der Waals surface area contributed by atoms with Crippen molar-refractivity contribution < 1.29 is 4.42 Å². The molecule has 0 N–H and O–H groups in total. The van der Waals surface area contributed by atoms with Crippen molar-refractivity contribution in [1.82, 2.24) is 24.1 Å². The predicted octanol–water partition coefficient (Wildman–Crippen LogP) is 14.6. The van der Waals surface area contributed by atoms with Gasteiger partial charge in [-0.15, -0.1) is 0 Å². The van der Waals surface area contributed by atoms with Gasteiger partial charge in [-0.2, -0.15) is 9.97 Å². The Labute approximate surface area is 361 Å². The molecule has 0 spiro atoms. The minimum atomic E-state index is 0.542. The van der Waals surface area contributed by atoms with Gasteiger partial charge in [0.1, 0.15) is 11.2 Å². The Morgan fingerprint density at radius 2 is 0.841 bits per heavy atom. The van der Waals surface area contributed by atoms with Crippen molar-refractivity contribution in [3.8, 4) is 56.7 Å². The van der Waals surface area contributed by atoms with E-state index in [1.807, 2.05) is 36.4 Å². The van der Waals surface area contributed by atoms with Crippen molar-refractivity contribution in [3.05, 3.63) is 212 Å². The standard InChI is InChI=1S/C57H35N5O/c1-4-15-36(16-5-1)38-19-14-20-41(33-38)56-58-55(37-17-6-2-7-18-37)59-57(60-56)62-50-31-27-39(40-28-32-52-48(35-40)44-24-11-13-26-51(44)63-52)34-47(50)46-30-29-45-43-23-10-12-25-49(43)61(53(45)54(46)62)42-21-8-3-9-22-42/h1-35H. The summed E-state index contributed by atoms with van der Waals surface area (Å²) in [6.07, 6.45) is 0. The highest BCUT2D eigenvalue weighted by Gasteiger charge is 2.24. The van der Waals surface area contributed by atoms with Crippen LogP contribution >= 0.6 is 0 Å². The molecule has 4 aromatic heterocycles. The number of hydrogen-bond acceptors (Lipinski definition) is 4. The Hall–Kier alpha value is -8.61. The lowest BCUT2D eigenvalue weighted by Crippen LogP contribution is -2.07. The number of rotatable bonds is 6. The third kappa shape index (κ3) is 5.62. The third-order valence-electron chi connectivity index (χ3n) is 12.4. The van der Waals surface area contributed by atoms with E-state index in [4.69, 9.17) is 19.4 Å². The first kappa shape index (κ1) is 35.2. The minimum Gasteiger partial charge on any atom is -0.456 e. The van der Waals surface area contributed by atoms with Crippen LogP contribution in [0.15, 0.2) is 217 Å². The zero-order valence-electron chi connectivity index (χ0n) is 33.9. The summed E-state index contributed by atoms with van der Waals surface area (Å²) in [7, 11) is 0. The van der Waals surface area contributed by atoms with Gasteiger partial charge in [-0.05, 0) is 76.9 Å². The average molecular weight is 806 g/mol. The normalized spacial score (nSPS) is 11.8. The second kappa shape index (κ2) is 14.0. The van der Waals surface area contributed by atoms with Crippen LogP contribution in [-0.4, -0.2) is 24.1 Å². The minimum absolute atomic E-state index is 0.542. The molecule has 4 heterocycles. The topological polar surface area (TPSA) is 61.7 Å². The molecule has 294 valence electrons. The number of para-hydroxylation sites is 3. The highest BCUT2D eigenvalue weighted by molar-refractivity contribution is 6.24. The maximum absolute atomic E-state index is 6.22. The molecule has 0 amide bonds. The second-order valence-electron chi connectivity index (χ2n) is 16.0. The van der Waals surface area contributed by atoms with Crippen LogP contribution < -0.4 is 0 Å². The number of nitrogens with zero attached hydrogens (tertiary/aromatic N) is 5. The van der Waals surface area contributed by atoms with E-state index in [9.17, 15) is 0 Å². The van der Waals surface area contributed by atoms with E-state index in [1.165, 1.54) is 5.39 Å². The van der Waals surface area contributed by atoms with Crippen molar-refractivity contribution in [2.75, 3.05) is 0 Å². The van der Waals surface area contributed by atoms with Crippen LogP contribution in [0.25, 0.3) is 122 Å². The molecule has 0 saturated carbocycles. The molecule has 0 aliphatic rings. The van der Waals surface area contributed by atoms with E-state index in [-0.39, 0.29) is 0 Å². The molecule has 63 heavy (non-hydrogen) atoms. The summed E-state index contributed by atoms with van der Waals surface area (Å²) in [5.41, 5.74) is 13.3. The molecule has 0 fully saturated rings. The summed E-state index contributed by atoms with van der Waals surface area (Å²) in [5.74, 6) is 1.74. The number of fused-ring (bicyclic) bond motifs is 10. The fraction of sp³-hybridized carbons (Fsp3) is 0. The van der Waals surface area contributed by atoms with Crippen LogP contribution in [0.1, 0.15) is 0 Å². The monoisotopic (exact) mass is 805 g/mol. The largest absolute Gasteiger partial charge is 0.456 e. The van der Waals surface area contributed by atoms with Crippen molar-refractivity contribution in [2.24, 2.45) is 0 Å². The van der Waals surface area contributed by atoms with Gasteiger partial charge in [-0.1, -0.05) is 158 Å². The molecule has 9 aromatic carbocycles. The van der Waals surface area contributed by atoms with Crippen LogP contribution in [-0.2, 0) is 0 Å². The summed E-state index contributed by atoms with van der Waals surface area (Å²) in [4.78, 5) is 16.0. The highest BCUT2D eigenvalue weighted by atomic mass is 16.3. The molecular weight excluding hydrogens is 771 g/mol. The maximum atomic E-state index is 6.22. The van der Waals surface area contributed by atoms with Gasteiger partial charge in [-0.3, -0.25) is 4.57 Å². The van der Waals surface area contributed by atoms with E-state index in [0.29, 0.717) is 17.6 Å². The van der Waals surface area contributed by atoms with Crippen molar-refractivity contribution >= 4 is 65.6 Å². The summed E-state index contributed by atoms with van der Waals surface area (Å²) in [6.45, 7) is 0. The molecule has 13 aromatic rings. The van der Waals surface area contributed by atoms with Crippen LogP contribution in [0.2, 0.25) is 0 Å². The van der Waals surface area contributed by atoms with Gasteiger partial charge in [0.15, 0.2) is 11.6 Å². The summed E-state index contributed by atoms with van der Waals surface area (Å²) < 4.78 is 10.9. The lowest BCUT2D eigenvalue weighted by Gasteiger charge is -2.13. The quantitative estimate of drug-likeness (QED) is 0.168. The first-order valence-electron chi connectivity index (χ1n) is 21.2. The summed E-state index contributed by atoms with van der Waals surface area (Å²) >= 11 is 0. The van der Waals surface area contributed by atoms with E-state index >= 15 is 0 Å². The first-order valence-corrected chi connectivity index (χ1v) is 21.2. The third-order valence-corrected chi connectivity index (χ3v) is 12.4. The molecule has 0 atom stereocenters. The Bertz CT molecular complexity index is 3900. The summed E-state index contributed by atoms with van der Waals surface area (Å²) in [6, 6.07) is 74.5. The Morgan fingerprint density at radius 3 is 1.63 bits per heavy atom. The Kier molecular flexibility index (Phi) is 7.80. The fourth-order valence-electron chi connectivity index (χ4n) is 9.47. The SMILES string of the molecule is c1ccc(-c2cccc(-c3nc(-c4ccccc4)nc(-n4c5ccc(-c6ccc7oc8ccccc8c7c6)cc5c5ccc6c7ccccc7n(-c7ccccc7)c6c54)n3)c2)cc1. The van der Waals surface area contributed by atoms with Gasteiger partial charge in [0.05, 0.1) is 22.1 Å². The zero-order valence-corrected chi connectivity index (χ0v) is 33.9. The number of benzene rings is 9. The second-order valence-corrected chi connectivity index (χ2v) is 16.0. The zero-order chi connectivity index (χ0) is 41.4. The molecule has 13 rings (SSSR count). The molecule has 6 nitrogen and oxygen atoms in total. The molecule has 0 bridgehead atoms. The van der Waals surface area contributed by atoms with E-state index < -0.39 is 0 Å². The van der Waals surface area contributed by atoms with E-state index in [2.05, 4.69) is 185 Å². The number of furan rings is 1. The molecule has 0 radical (unpaired) electrons. The van der Waals surface area contributed by atoms with Crippen LogP contribution in [0.4, 0.5) is 0 Å². The number of aromatic nitrogens is 5. The lowest BCUT2D eigenvalue weighted by molar-refractivity contribution is 0.669. The predicted molar refractivity (Wildman–Crippen MR) is 258 cm³/mol. The van der Waals surface area contributed by atoms with Gasteiger partial charge in [-0.25, -0.2) is 4.98 Å². The Balaban J connectivity index is 1.13. The smallest absolute Gasteiger partial charge is 0.238 e. The van der Waals surface area contributed by atoms with E-state index in [0.717, 1.165) is 99.2 Å². The van der Waals surface area contributed by atoms with E-state index in [1.54, 1.807) is 0 Å². The van der Waals surface area contributed by atoms with Gasteiger partial charge in [0.25, 0.3) is 0 Å². The van der Waals surface area contributed by atoms with Crippen molar-refractivity contribution in [2.45, 2.75) is 0 Å². The van der Waals surface area contributed by atoms with Gasteiger partial charge < -0.3 is 8.98 Å². The number of hydrogen-bond donors (Lipinski definition) is 0. The summed E-state index contributed by atoms with van der Waals surface area (Å²) in [5, 5.41) is 6.73. The first-order chi connectivity index (χ1) is 31.2. The van der Waals surface area contributed by atoms with Gasteiger partial charge in [0, 0.05) is 49.1 Å². The maximum Gasteiger partial charge on any atom is 0.238 e. The van der Waals surface area contributed by atoms with Crippen LogP contribution in [0.3, 0.4) is 0 Å². The van der Waals surface area contributed by atoms with Gasteiger partial charge in [0.2, 0.25) is 5.95 Å². The van der Waals surface area contributed by atoms with Crippen LogP contribution in [0.5, 0.6) is 0 Å². The molecule has 0 aliphatic carbocycles. The molecule has 0 unspecified atom stereocenters.